The first-order valence-electron chi connectivity index (χ1n) is 4.74. The minimum Gasteiger partial charge on any atom is -0.487 e. The summed E-state index contributed by atoms with van der Waals surface area (Å²) in [4.78, 5) is 0. The van der Waals surface area contributed by atoms with Crippen LogP contribution in [0.4, 0.5) is 0 Å². The summed E-state index contributed by atoms with van der Waals surface area (Å²) in [6.07, 6.45) is 0. The van der Waals surface area contributed by atoms with Crippen molar-refractivity contribution >= 4 is 0 Å². The number of hydrogen-bond donors (Lipinski definition) is 0. The highest BCUT2D eigenvalue weighted by molar-refractivity contribution is 5.45. The van der Waals surface area contributed by atoms with Gasteiger partial charge in [0, 0.05) is 11.0 Å². The van der Waals surface area contributed by atoms with Crippen molar-refractivity contribution in [3.63, 3.8) is 0 Å². The molecule has 0 amide bonds. The third kappa shape index (κ3) is 1.23. The molecule has 1 nitrogen and oxygen atoms in total. The Balaban J connectivity index is 0.000000980. The van der Waals surface area contributed by atoms with Crippen molar-refractivity contribution in [3.05, 3.63) is 29.8 Å². The monoisotopic (exact) mass is 192 g/mol. The second-order valence-corrected chi connectivity index (χ2v) is 4.73. The van der Waals surface area contributed by atoms with Crippen LogP contribution < -0.4 is 4.74 Å². The Labute approximate surface area is 87.1 Å². The van der Waals surface area contributed by atoms with Gasteiger partial charge in [-0.3, -0.25) is 0 Å². The van der Waals surface area contributed by atoms with E-state index < -0.39 is 0 Å². The second-order valence-electron chi connectivity index (χ2n) is 4.73. The normalized spacial score (nSPS) is 20.6. The van der Waals surface area contributed by atoms with Gasteiger partial charge in [0.1, 0.15) is 11.4 Å². The molecule has 0 saturated heterocycles. The lowest BCUT2D eigenvalue weighted by atomic mass is 9.74. The summed E-state index contributed by atoms with van der Waals surface area (Å²) < 4.78 is 5.91. The molecule has 1 aromatic carbocycles. The van der Waals surface area contributed by atoms with Crippen LogP contribution in [0.25, 0.3) is 0 Å². The minimum atomic E-state index is -0.101. The van der Waals surface area contributed by atoms with Crippen LogP contribution in [0, 0.1) is 0 Å². The molecule has 2 rings (SSSR count). The molecule has 0 aromatic heterocycles. The lowest BCUT2D eigenvalue weighted by Gasteiger charge is -2.33. The molecular formula is C13H20O. The van der Waals surface area contributed by atoms with Gasteiger partial charge in [0.15, 0.2) is 0 Å². The minimum absolute atomic E-state index is 0. The van der Waals surface area contributed by atoms with Crippen LogP contribution in [-0.2, 0) is 5.41 Å². The SMILES string of the molecule is C.CC1(C)Oc2ccccc2C1(C)C. The van der Waals surface area contributed by atoms with Gasteiger partial charge in [0.25, 0.3) is 0 Å². The molecule has 1 heterocycles. The number of ether oxygens (including phenoxy) is 1. The highest BCUT2D eigenvalue weighted by Crippen LogP contribution is 2.48. The van der Waals surface area contributed by atoms with E-state index in [1.165, 1.54) is 5.56 Å². The van der Waals surface area contributed by atoms with Crippen molar-refractivity contribution in [1.29, 1.82) is 0 Å². The van der Waals surface area contributed by atoms with Crippen LogP contribution in [-0.4, -0.2) is 5.60 Å². The van der Waals surface area contributed by atoms with E-state index in [-0.39, 0.29) is 18.4 Å². The van der Waals surface area contributed by atoms with Crippen LogP contribution in [0.3, 0.4) is 0 Å². The van der Waals surface area contributed by atoms with Gasteiger partial charge in [0.2, 0.25) is 0 Å². The first kappa shape index (κ1) is 11.1. The Morgan fingerprint density at radius 1 is 1.00 bits per heavy atom. The molecule has 0 N–H and O–H groups in total. The van der Waals surface area contributed by atoms with Crippen molar-refractivity contribution in [2.75, 3.05) is 0 Å². The molecule has 0 aliphatic carbocycles. The highest BCUT2D eigenvalue weighted by atomic mass is 16.5. The molecule has 0 atom stereocenters. The number of rotatable bonds is 0. The predicted octanol–water partition coefficient (Wildman–Crippen LogP) is 3.77. The van der Waals surface area contributed by atoms with Gasteiger partial charge in [-0.05, 0) is 19.9 Å². The summed E-state index contributed by atoms with van der Waals surface area (Å²) in [6.45, 7) is 8.76. The van der Waals surface area contributed by atoms with Crippen LogP contribution >= 0.6 is 0 Å². The van der Waals surface area contributed by atoms with Gasteiger partial charge >= 0.3 is 0 Å². The Morgan fingerprint density at radius 3 is 2.14 bits per heavy atom. The largest absolute Gasteiger partial charge is 0.487 e. The van der Waals surface area contributed by atoms with Gasteiger partial charge in [-0.1, -0.05) is 39.5 Å². The molecule has 1 aliphatic heterocycles. The van der Waals surface area contributed by atoms with Crippen LogP contribution in [0.15, 0.2) is 24.3 Å². The molecule has 0 spiro atoms. The van der Waals surface area contributed by atoms with Crippen molar-refractivity contribution in [1.82, 2.24) is 0 Å². The molecule has 0 fully saturated rings. The summed E-state index contributed by atoms with van der Waals surface area (Å²) >= 11 is 0. The molecule has 0 unspecified atom stereocenters. The maximum absolute atomic E-state index is 5.91. The molecule has 1 heteroatoms. The van der Waals surface area contributed by atoms with Gasteiger partial charge in [-0.25, -0.2) is 0 Å². The Morgan fingerprint density at radius 2 is 1.57 bits per heavy atom. The molecule has 1 aliphatic rings. The van der Waals surface area contributed by atoms with Crippen molar-refractivity contribution < 1.29 is 4.74 Å². The van der Waals surface area contributed by atoms with E-state index in [1.807, 2.05) is 12.1 Å². The van der Waals surface area contributed by atoms with E-state index >= 15 is 0 Å². The number of fused-ring (bicyclic) bond motifs is 1. The first-order chi connectivity index (χ1) is 5.95. The van der Waals surface area contributed by atoms with Crippen LogP contribution in [0.2, 0.25) is 0 Å². The maximum atomic E-state index is 5.91. The third-order valence-electron chi connectivity index (χ3n) is 3.43. The summed E-state index contributed by atoms with van der Waals surface area (Å²) in [5, 5.41) is 0. The van der Waals surface area contributed by atoms with E-state index in [0.29, 0.717) is 0 Å². The van der Waals surface area contributed by atoms with E-state index in [2.05, 4.69) is 39.8 Å². The lowest BCUT2D eigenvalue weighted by Crippen LogP contribution is -2.41. The molecule has 1 aromatic rings. The average molecular weight is 192 g/mol. The van der Waals surface area contributed by atoms with Crippen LogP contribution in [0.5, 0.6) is 5.75 Å². The smallest absolute Gasteiger partial charge is 0.124 e. The number of hydrogen-bond acceptors (Lipinski definition) is 1. The fraction of sp³-hybridized carbons (Fsp3) is 0.538. The quantitative estimate of drug-likeness (QED) is 0.608. The predicted molar refractivity (Wildman–Crippen MR) is 60.9 cm³/mol. The van der Waals surface area contributed by atoms with Crippen molar-refractivity contribution in [2.24, 2.45) is 0 Å². The second kappa shape index (κ2) is 3.01. The zero-order valence-corrected chi connectivity index (χ0v) is 8.72. The fourth-order valence-corrected chi connectivity index (χ4v) is 1.80. The summed E-state index contributed by atoms with van der Waals surface area (Å²) in [5.74, 6) is 1.04. The van der Waals surface area contributed by atoms with Gasteiger partial charge < -0.3 is 4.74 Å². The molecular weight excluding hydrogens is 172 g/mol. The van der Waals surface area contributed by atoms with Crippen molar-refractivity contribution in [3.8, 4) is 5.75 Å². The molecule has 0 saturated carbocycles. The topological polar surface area (TPSA) is 9.23 Å². The summed E-state index contributed by atoms with van der Waals surface area (Å²) in [6, 6.07) is 8.30. The maximum Gasteiger partial charge on any atom is 0.124 e. The third-order valence-corrected chi connectivity index (χ3v) is 3.43. The molecule has 0 bridgehead atoms. The van der Waals surface area contributed by atoms with E-state index in [9.17, 15) is 0 Å². The first-order valence-corrected chi connectivity index (χ1v) is 4.74. The van der Waals surface area contributed by atoms with E-state index in [1.54, 1.807) is 0 Å². The standard InChI is InChI=1S/C12H16O.CH4/c1-11(2)9-7-5-6-8-10(9)13-12(11,3)4;/h5-8H,1-4H3;1H4. The zero-order valence-electron chi connectivity index (χ0n) is 8.72. The highest BCUT2D eigenvalue weighted by Gasteiger charge is 2.47. The Kier molecular flexibility index (Phi) is 2.39. The van der Waals surface area contributed by atoms with Gasteiger partial charge in [0.05, 0.1) is 0 Å². The molecule has 78 valence electrons. The molecule has 14 heavy (non-hydrogen) atoms. The molecule has 0 radical (unpaired) electrons. The van der Waals surface area contributed by atoms with E-state index in [0.717, 1.165) is 5.75 Å². The zero-order chi connectivity index (χ0) is 9.69. The van der Waals surface area contributed by atoms with E-state index in [4.69, 9.17) is 4.74 Å². The Hall–Kier alpha value is -0.980. The number of benzene rings is 1. The summed E-state index contributed by atoms with van der Waals surface area (Å²) in [7, 11) is 0. The van der Waals surface area contributed by atoms with Crippen LogP contribution in [0.1, 0.15) is 40.7 Å². The fourth-order valence-electron chi connectivity index (χ4n) is 1.80. The summed E-state index contributed by atoms with van der Waals surface area (Å²) in [5.41, 5.74) is 1.32. The van der Waals surface area contributed by atoms with Gasteiger partial charge in [-0.15, -0.1) is 0 Å². The Bertz CT molecular complexity index is 337. The van der Waals surface area contributed by atoms with Gasteiger partial charge in [-0.2, -0.15) is 0 Å². The average Bonchev–Trinajstić information content (AvgIpc) is 2.20. The lowest BCUT2D eigenvalue weighted by molar-refractivity contribution is 0.0712. The van der Waals surface area contributed by atoms with Crippen molar-refractivity contribution in [2.45, 2.75) is 46.1 Å². The number of para-hydroxylation sites is 1.